The van der Waals surface area contributed by atoms with E-state index in [4.69, 9.17) is 30.6 Å². The molecule has 0 aliphatic heterocycles. The third-order valence-electron chi connectivity index (χ3n) is 4.86. The minimum Gasteiger partial charge on any atom is -0.489 e. The smallest absolute Gasteiger partial charge is 0.416 e. The molecule has 2 unspecified atom stereocenters. The van der Waals surface area contributed by atoms with Gasteiger partial charge in [-0.05, 0) is 44.2 Å². The number of rotatable bonds is 8. The van der Waals surface area contributed by atoms with Crippen LogP contribution >= 0.6 is 11.6 Å². The Morgan fingerprint density at radius 2 is 1.80 bits per heavy atom. The summed E-state index contributed by atoms with van der Waals surface area (Å²) in [5.41, 5.74) is -1.37. The number of hydrogen-bond donors (Lipinski definition) is 1. The van der Waals surface area contributed by atoms with Crippen LogP contribution in [-0.2, 0) is 20.5 Å². The summed E-state index contributed by atoms with van der Waals surface area (Å²) < 4.78 is 56.4. The number of halogens is 4. The van der Waals surface area contributed by atoms with Gasteiger partial charge in [-0.3, -0.25) is 14.4 Å². The van der Waals surface area contributed by atoms with Crippen LogP contribution in [0.15, 0.2) is 51.7 Å². The van der Waals surface area contributed by atoms with Crippen molar-refractivity contribution in [3.05, 3.63) is 63.3 Å². The average molecular weight is 513 g/mol. The van der Waals surface area contributed by atoms with E-state index in [1.54, 1.807) is 6.07 Å². The zero-order valence-corrected chi connectivity index (χ0v) is 19.3. The van der Waals surface area contributed by atoms with Crippen molar-refractivity contribution in [3.8, 4) is 17.1 Å². The first-order chi connectivity index (χ1) is 16.3. The van der Waals surface area contributed by atoms with Crippen molar-refractivity contribution in [2.45, 2.75) is 45.1 Å². The first-order valence-electron chi connectivity index (χ1n) is 10.4. The van der Waals surface area contributed by atoms with Crippen molar-refractivity contribution in [2.75, 3.05) is 0 Å². The number of para-hydroxylation sites is 1. The van der Waals surface area contributed by atoms with E-state index < -0.39 is 47.7 Å². The first-order valence-corrected chi connectivity index (χ1v) is 10.7. The van der Waals surface area contributed by atoms with E-state index in [0.29, 0.717) is 0 Å². The van der Waals surface area contributed by atoms with Crippen molar-refractivity contribution in [1.29, 1.82) is 0 Å². The highest BCUT2D eigenvalue weighted by Crippen LogP contribution is 2.38. The normalized spacial score (nSPS) is 13.3. The zero-order chi connectivity index (χ0) is 25.9. The number of aliphatic carboxylic acids is 1. The molecule has 11 heteroatoms. The second-order valence-electron chi connectivity index (χ2n) is 7.83. The molecule has 3 rings (SSSR count). The van der Waals surface area contributed by atoms with Crippen molar-refractivity contribution in [3.63, 3.8) is 0 Å². The van der Waals surface area contributed by atoms with Crippen molar-refractivity contribution < 1.29 is 41.8 Å². The summed E-state index contributed by atoms with van der Waals surface area (Å²) in [6.45, 7) is 2.83. The Morgan fingerprint density at radius 1 is 1.09 bits per heavy atom. The van der Waals surface area contributed by atoms with Crippen LogP contribution in [0.25, 0.3) is 22.3 Å². The Bertz CT molecular complexity index is 1320. The molecule has 0 bridgehead atoms. The fraction of sp³-hybridized carbons (Fsp3) is 0.292. The number of carbonyl (C=O) groups is 2. The highest BCUT2D eigenvalue weighted by atomic mass is 35.5. The minimum absolute atomic E-state index is 0.0383. The van der Waals surface area contributed by atoms with Crippen molar-refractivity contribution in [2.24, 2.45) is 0 Å². The van der Waals surface area contributed by atoms with Crippen LogP contribution in [0.5, 0.6) is 5.75 Å². The van der Waals surface area contributed by atoms with Crippen molar-refractivity contribution in [1.82, 2.24) is 0 Å². The van der Waals surface area contributed by atoms with Crippen LogP contribution in [0, 0.1) is 0 Å². The van der Waals surface area contributed by atoms with Gasteiger partial charge in [0.15, 0.2) is 11.0 Å². The molecule has 3 aromatic rings. The number of ether oxygens (including phenoxy) is 2. The summed E-state index contributed by atoms with van der Waals surface area (Å²) in [5.74, 6) is -2.30. The Balaban J connectivity index is 1.95. The van der Waals surface area contributed by atoms with E-state index >= 15 is 0 Å². The second kappa shape index (κ2) is 10.4. The minimum atomic E-state index is -4.68. The van der Waals surface area contributed by atoms with Crippen LogP contribution in [0.1, 0.15) is 32.3 Å². The van der Waals surface area contributed by atoms with Crippen LogP contribution in [0.4, 0.5) is 13.2 Å². The van der Waals surface area contributed by atoms with E-state index in [0.717, 1.165) is 24.3 Å². The molecule has 2 aromatic carbocycles. The van der Waals surface area contributed by atoms with Gasteiger partial charge in [0.05, 0.1) is 34.4 Å². The summed E-state index contributed by atoms with van der Waals surface area (Å²) in [6, 6.07) is 8.32. The molecule has 0 fully saturated rings. The van der Waals surface area contributed by atoms with Crippen LogP contribution in [-0.4, -0.2) is 29.3 Å². The number of alkyl halides is 3. The molecule has 186 valence electrons. The number of esters is 1. The number of hydrogen-bond acceptors (Lipinski definition) is 6. The molecule has 1 aromatic heterocycles. The fourth-order valence-corrected chi connectivity index (χ4v) is 3.54. The van der Waals surface area contributed by atoms with Gasteiger partial charge < -0.3 is 19.0 Å². The molecule has 0 saturated heterocycles. The van der Waals surface area contributed by atoms with Gasteiger partial charge in [-0.15, -0.1) is 0 Å². The van der Waals surface area contributed by atoms with E-state index in [9.17, 15) is 27.6 Å². The number of benzene rings is 2. The van der Waals surface area contributed by atoms with E-state index in [1.165, 1.54) is 26.0 Å². The topological polar surface area (TPSA) is 103 Å². The number of fused-ring (bicyclic) bond motifs is 1. The van der Waals surface area contributed by atoms with Crippen molar-refractivity contribution >= 4 is 34.5 Å². The van der Waals surface area contributed by atoms with E-state index in [-0.39, 0.29) is 39.5 Å². The number of carboxylic acids is 1. The van der Waals surface area contributed by atoms with E-state index in [2.05, 4.69) is 0 Å². The van der Waals surface area contributed by atoms with Gasteiger partial charge in [-0.2, -0.15) is 13.2 Å². The van der Waals surface area contributed by atoms with Gasteiger partial charge in [0.1, 0.15) is 23.7 Å². The molecule has 0 radical (unpaired) electrons. The molecule has 35 heavy (non-hydrogen) atoms. The molecule has 2 atom stereocenters. The van der Waals surface area contributed by atoms with Gasteiger partial charge >= 0.3 is 18.1 Å². The average Bonchev–Trinajstić information content (AvgIpc) is 2.72. The van der Waals surface area contributed by atoms with Gasteiger partial charge in [-0.25, -0.2) is 0 Å². The third-order valence-corrected chi connectivity index (χ3v) is 5.16. The maximum Gasteiger partial charge on any atom is 0.416 e. The van der Waals surface area contributed by atoms with Gasteiger partial charge in [0.2, 0.25) is 0 Å². The lowest BCUT2D eigenvalue weighted by atomic mass is 10.1. The summed E-state index contributed by atoms with van der Waals surface area (Å²) in [6.07, 6.45) is -7.31. The molecular weight excluding hydrogens is 493 g/mol. The molecule has 0 aliphatic carbocycles. The molecular formula is C24H20ClF3O7. The summed E-state index contributed by atoms with van der Waals surface area (Å²) >= 11 is 6.13. The Kier molecular flexibility index (Phi) is 7.74. The van der Waals surface area contributed by atoms with Gasteiger partial charge in [0.25, 0.3) is 0 Å². The number of carboxylic acid groups (broad SMARTS) is 1. The molecule has 0 saturated carbocycles. The molecule has 0 amide bonds. The highest BCUT2D eigenvalue weighted by Gasteiger charge is 2.32. The largest absolute Gasteiger partial charge is 0.489 e. The number of carbonyl (C=O) groups excluding carboxylic acids is 1. The molecule has 7 nitrogen and oxygen atoms in total. The zero-order valence-electron chi connectivity index (χ0n) is 18.5. The SMILES string of the molecule is CC(CC(=O)O)OC(=O)CC(C)Oc1cc(C(F)(F)F)ccc1-c1cc(=O)c2cccc(Cl)c2o1. The predicted octanol–water partition coefficient (Wildman–Crippen LogP) is 5.70. The predicted molar refractivity (Wildman–Crippen MR) is 120 cm³/mol. The molecule has 0 aliphatic rings. The quantitative estimate of drug-likeness (QED) is 0.386. The summed E-state index contributed by atoms with van der Waals surface area (Å²) in [4.78, 5) is 35.4. The third kappa shape index (κ3) is 6.54. The highest BCUT2D eigenvalue weighted by molar-refractivity contribution is 6.34. The first kappa shape index (κ1) is 26.1. The van der Waals surface area contributed by atoms with Gasteiger partial charge in [-0.1, -0.05) is 17.7 Å². The van der Waals surface area contributed by atoms with Crippen LogP contribution in [0.2, 0.25) is 5.02 Å². The standard InChI is InChI=1S/C24H20ClF3O7/c1-12(8-21(30)31)34-22(32)9-13(2)33-19-10-14(24(26,27)28)6-7-16(19)20-11-18(29)15-4-3-5-17(25)23(15)35-20/h3-7,10-13H,8-9H2,1-2H3,(H,30,31). The Morgan fingerprint density at radius 3 is 2.46 bits per heavy atom. The monoisotopic (exact) mass is 512 g/mol. The Hall–Kier alpha value is -3.53. The van der Waals surface area contributed by atoms with Gasteiger partial charge in [0, 0.05) is 6.07 Å². The lowest BCUT2D eigenvalue weighted by Gasteiger charge is -2.19. The van der Waals surface area contributed by atoms with E-state index in [1.807, 2.05) is 0 Å². The second-order valence-corrected chi connectivity index (χ2v) is 8.24. The summed E-state index contributed by atoms with van der Waals surface area (Å²) in [7, 11) is 0. The maximum atomic E-state index is 13.4. The lowest BCUT2D eigenvalue weighted by molar-refractivity contribution is -0.153. The fourth-order valence-electron chi connectivity index (χ4n) is 3.33. The summed E-state index contributed by atoms with van der Waals surface area (Å²) in [5, 5.41) is 9.10. The lowest BCUT2D eigenvalue weighted by Crippen LogP contribution is -2.24. The van der Waals surface area contributed by atoms with Crippen LogP contribution in [0.3, 0.4) is 0 Å². The molecule has 0 spiro atoms. The molecule has 1 N–H and O–H groups in total. The maximum absolute atomic E-state index is 13.4. The van der Waals surface area contributed by atoms with Crippen LogP contribution < -0.4 is 10.2 Å². The Labute approximate surface area is 202 Å². The molecule has 1 heterocycles.